The Morgan fingerprint density at radius 1 is 1.32 bits per heavy atom. The van der Waals surface area contributed by atoms with Gasteiger partial charge in [0, 0.05) is 32.4 Å². The summed E-state index contributed by atoms with van der Waals surface area (Å²) in [7, 11) is 5.80. The number of aryl methyl sites for hydroxylation is 2. The Hall–Kier alpha value is -2.57. The van der Waals surface area contributed by atoms with Gasteiger partial charge in [0.2, 0.25) is 0 Å². The highest BCUT2D eigenvalue weighted by molar-refractivity contribution is 5.74. The number of nitrogens with zero attached hydrogens (tertiary/aromatic N) is 4. The molecule has 0 fully saturated rings. The van der Waals surface area contributed by atoms with Gasteiger partial charge in [0.1, 0.15) is 5.82 Å². The van der Waals surface area contributed by atoms with E-state index in [9.17, 15) is 4.79 Å². The van der Waals surface area contributed by atoms with E-state index in [4.69, 9.17) is 0 Å². The number of aromatic nitrogens is 3. The molecular formula is C18H28N6O. The molecule has 0 radical (unpaired) electrons. The van der Waals surface area contributed by atoms with E-state index < -0.39 is 0 Å². The third kappa shape index (κ3) is 4.49. The van der Waals surface area contributed by atoms with Crippen molar-refractivity contribution in [1.29, 1.82) is 0 Å². The van der Waals surface area contributed by atoms with Crippen LogP contribution in [-0.4, -0.2) is 34.9 Å². The average molecular weight is 344 g/mol. The number of nitrogens with one attached hydrogen (secondary N) is 2. The zero-order valence-electron chi connectivity index (χ0n) is 15.9. The van der Waals surface area contributed by atoms with Crippen molar-refractivity contribution in [2.45, 2.75) is 39.8 Å². The summed E-state index contributed by atoms with van der Waals surface area (Å²) in [6, 6.07) is 5.51. The molecule has 2 heterocycles. The van der Waals surface area contributed by atoms with E-state index in [1.54, 1.807) is 0 Å². The quantitative estimate of drug-likeness (QED) is 0.844. The number of anilines is 1. The van der Waals surface area contributed by atoms with Gasteiger partial charge in [-0.2, -0.15) is 5.10 Å². The Bertz CT molecular complexity index is 737. The summed E-state index contributed by atoms with van der Waals surface area (Å²) in [6.45, 7) is 6.43. The lowest BCUT2D eigenvalue weighted by molar-refractivity contribution is 0.236. The molecule has 136 valence electrons. The highest BCUT2D eigenvalue weighted by Gasteiger charge is 2.20. The van der Waals surface area contributed by atoms with E-state index in [0.717, 1.165) is 34.9 Å². The van der Waals surface area contributed by atoms with Crippen molar-refractivity contribution in [3.63, 3.8) is 0 Å². The molecule has 0 bridgehead atoms. The van der Waals surface area contributed by atoms with Gasteiger partial charge in [-0.25, -0.2) is 9.78 Å². The minimum absolute atomic E-state index is 0.0604. The molecule has 0 aliphatic carbocycles. The second kappa shape index (κ2) is 8.00. The molecule has 2 aromatic rings. The van der Waals surface area contributed by atoms with Crippen LogP contribution in [0.1, 0.15) is 42.0 Å². The van der Waals surface area contributed by atoms with Crippen LogP contribution in [0.5, 0.6) is 0 Å². The van der Waals surface area contributed by atoms with Crippen LogP contribution in [0.2, 0.25) is 0 Å². The molecule has 2 aromatic heterocycles. The number of pyridine rings is 1. The van der Waals surface area contributed by atoms with Crippen molar-refractivity contribution in [2.75, 3.05) is 19.0 Å². The summed E-state index contributed by atoms with van der Waals surface area (Å²) in [5.41, 5.74) is 3.94. The molecule has 2 amide bonds. The Morgan fingerprint density at radius 3 is 2.60 bits per heavy atom. The summed E-state index contributed by atoms with van der Waals surface area (Å²) >= 11 is 0. The lowest BCUT2D eigenvalue weighted by atomic mass is 10.0. The van der Waals surface area contributed by atoms with E-state index in [2.05, 4.69) is 27.6 Å². The average Bonchev–Trinajstić information content (AvgIpc) is 2.83. The Labute approximate surface area is 149 Å². The van der Waals surface area contributed by atoms with Crippen molar-refractivity contribution in [2.24, 2.45) is 7.05 Å². The smallest absolute Gasteiger partial charge is 0.315 e. The normalized spacial score (nSPS) is 11.9. The first-order valence-corrected chi connectivity index (χ1v) is 8.51. The fourth-order valence-electron chi connectivity index (χ4n) is 2.87. The SMILES string of the molecule is CCC(NC(=O)NCc1cccc(N(C)C)n1)c1c(C)nn(C)c1C. The molecule has 0 spiro atoms. The number of hydrogen-bond donors (Lipinski definition) is 2. The second-order valence-electron chi connectivity index (χ2n) is 6.38. The lowest BCUT2D eigenvalue weighted by Crippen LogP contribution is -2.38. The van der Waals surface area contributed by atoms with Gasteiger partial charge in [0.15, 0.2) is 0 Å². The highest BCUT2D eigenvalue weighted by Crippen LogP contribution is 2.23. The van der Waals surface area contributed by atoms with Crippen molar-refractivity contribution in [3.05, 3.63) is 40.8 Å². The van der Waals surface area contributed by atoms with Crippen LogP contribution in [-0.2, 0) is 13.6 Å². The number of urea groups is 1. The minimum atomic E-state index is -0.202. The predicted molar refractivity (Wildman–Crippen MR) is 99.6 cm³/mol. The molecule has 7 heteroatoms. The molecule has 25 heavy (non-hydrogen) atoms. The summed E-state index contributed by atoms with van der Waals surface area (Å²) in [5, 5.41) is 10.4. The predicted octanol–water partition coefficient (Wildman–Crippen LogP) is 2.45. The van der Waals surface area contributed by atoms with Gasteiger partial charge in [-0.3, -0.25) is 4.68 Å². The molecule has 2 rings (SSSR count). The molecule has 0 saturated carbocycles. The molecule has 0 aromatic carbocycles. The maximum atomic E-state index is 12.3. The summed E-state index contributed by atoms with van der Waals surface area (Å²) in [4.78, 5) is 18.8. The Kier molecular flexibility index (Phi) is 6.01. The minimum Gasteiger partial charge on any atom is -0.363 e. The van der Waals surface area contributed by atoms with Crippen LogP contribution in [0.4, 0.5) is 10.6 Å². The Balaban J connectivity index is 2.00. The van der Waals surface area contributed by atoms with Gasteiger partial charge in [-0.05, 0) is 32.4 Å². The number of carbonyl (C=O) groups is 1. The molecule has 1 unspecified atom stereocenters. The first-order chi connectivity index (χ1) is 11.8. The Morgan fingerprint density at radius 2 is 2.04 bits per heavy atom. The van der Waals surface area contributed by atoms with E-state index in [0.29, 0.717) is 6.54 Å². The van der Waals surface area contributed by atoms with Gasteiger partial charge >= 0.3 is 6.03 Å². The molecule has 0 aliphatic rings. The van der Waals surface area contributed by atoms with Crippen molar-refractivity contribution < 1.29 is 4.79 Å². The van der Waals surface area contributed by atoms with Crippen LogP contribution in [0, 0.1) is 13.8 Å². The third-order valence-corrected chi connectivity index (χ3v) is 4.31. The molecule has 2 N–H and O–H groups in total. The van der Waals surface area contributed by atoms with Crippen LogP contribution in [0.25, 0.3) is 0 Å². The van der Waals surface area contributed by atoms with Gasteiger partial charge < -0.3 is 15.5 Å². The van der Waals surface area contributed by atoms with Gasteiger partial charge in [0.05, 0.1) is 24.0 Å². The number of rotatable bonds is 6. The first-order valence-electron chi connectivity index (χ1n) is 8.51. The highest BCUT2D eigenvalue weighted by atomic mass is 16.2. The van der Waals surface area contributed by atoms with Crippen LogP contribution in [0.3, 0.4) is 0 Å². The van der Waals surface area contributed by atoms with E-state index in [-0.39, 0.29) is 12.1 Å². The number of hydrogen-bond acceptors (Lipinski definition) is 4. The summed E-state index contributed by atoms with van der Waals surface area (Å²) < 4.78 is 1.85. The first kappa shape index (κ1) is 18.8. The monoisotopic (exact) mass is 344 g/mol. The maximum Gasteiger partial charge on any atom is 0.315 e. The molecule has 0 aliphatic heterocycles. The van der Waals surface area contributed by atoms with Gasteiger partial charge in [-0.1, -0.05) is 13.0 Å². The van der Waals surface area contributed by atoms with E-state index >= 15 is 0 Å². The fourth-order valence-corrected chi connectivity index (χ4v) is 2.87. The number of amides is 2. The third-order valence-electron chi connectivity index (χ3n) is 4.31. The molecule has 0 saturated heterocycles. The summed E-state index contributed by atoms with van der Waals surface area (Å²) in [6.07, 6.45) is 0.801. The zero-order valence-corrected chi connectivity index (χ0v) is 15.9. The largest absolute Gasteiger partial charge is 0.363 e. The van der Waals surface area contributed by atoms with E-state index in [1.807, 2.05) is 62.8 Å². The zero-order chi connectivity index (χ0) is 18.6. The topological polar surface area (TPSA) is 75.1 Å². The van der Waals surface area contributed by atoms with Gasteiger partial charge in [-0.15, -0.1) is 0 Å². The molecular weight excluding hydrogens is 316 g/mol. The number of carbonyl (C=O) groups excluding carboxylic acids is 1. The van der Waals surface area contributed by atoms with E-state index in [1.165, 1.54) is 0 Å². The van der Waals surface area contributed by atoms with Crippen molar-refractivity contribution in [1.82, 2.24) is 25.4 Å². The standard InChI is InChI=1S/C18H28N6O/c1-7-15(17-12(2)22-24(6)13(17)3)21-18(25)19-11-14-9-8-10-16(20-14)23(4)5/h8-10,15H,7,11H2,1-6H3,(H2,19,21,25). The molecule has 7 nitrogen and oxygen atoms in total. The molecule has 1 atom stereocenters. The van der Waals surface area contributed by atoms with Gasteiger partial charge in [0.25, 0.3) is 0 Å². The van der Waals surface area contributed by atoms with Crippen LogP contribution >= 0.6 is 0 Å². The maximum absolute atomic E-state index is 12.3. The summed E-state index contributed by atoms with van der Waals surface area (Å²) in [5.74, 6) is 0.868. The fraction of sp³-hybridized carbons (Fsp3) is 0.500. The van der Waals surface area contributed by atoms with Crippen LogP contribution < -0.4 is 15.5 Å². The van der Waals surface area contributed by atoms with Crippen LogP contribution in [0.15, 0.2) is 18.2 Å². The lowest BCUT2D eigenvalue weighted by Gasteiger charge is -2.18. The second-order valence-corrected chi connectivity index (χ2v) is 6.38. The van der Waals surface area contributed by atoms with Crippen molar-refractivity contribution >= 4 is 11.8 Å². The van der Waals surface area contributed by atoms with Crippen molar-refractivity contribution in [3.8, 4) is 0 Å².